The van der Waals surface area contributed by atoms with E-state index in [0.717, 1.165) is 13.0 Å². The summed E-state index contributed by atoms with van der Waals surface area (Å²) >= 11 is 0. The van der Waals surface area contributed by atoms with E-state index in [1.54, 1.807) is 0 Å². The third-order valence-corrected chi connectivity index (χ3v) is 2.91. The van der Waals surface area contributed by atoms with Crippen LogP contribution in [-0.4, -0.2) is 12.2 Å². The fourth-order valence-corrected chi connectivity index (χ4v) is 2.00. The molecule has 76 valence electrons. The van der Waals surface area contributed by atoms with E-state index in [2.05, 4.69) is 13.5 Å². The zero-order valence-corrected chi connectivity index (χ0v) is 8.85. The molecule has 0 radical (unpaired) electrons. The molecule has 0 N–H and O–H groups in total. The van der Waals surface area contributed by atoms with E-state index in [-0.39, 0.29) is 5.60 Å². The van der Waals surface area contributed by atoms with Gasteiger partial charge in [-0.15, -0.1) is 6.58 Å². The molecule has 1 unspecified atom stereocenters. The molecule has 1 rings (SSSR count). The predicted molar refractivity (Wildman–Crippen MR) is 56.9 cm³/mol. The lowest BCUT2D eigenvalue weighted by Gasteiger charge is -2.22. The Morgan fingerprint density at radius 3 is 2.85 bits per heavy atom. The van der Waals surface area contributed by atoms with Gasteiger partial charge in [-0.25, -0.2) is 0 Å². The monoisotopic (exact) mass is 182 g/mol. The van der Waals surface area contributed by atoms with Gasteiger partial charge in [-0.1, -0.05) is 18.9 Å². The van der Waals surface area contributed by atoms with Gasteiger partial charge in [0.15, 0.2) is 0 Å². The molecule has 0 aromatic rings. The molecule has 1 aliphatic rings. The van der Waals surface area contributed by atoms with Gasteiger partial charge < -0.3 is 4.74 Å². The Morgan fingerprint density at radius 1 is 1.38 bits per heavy atom. The topological polar surface area (TPSA) is 9.23 Å². The van der Waals surface area contributed by atoms with E-state index in [9.17, 15) is 0 Å². The van der Waals surface area contributed by atoms with Gasteiger partial charge in [-0.3, -0.25) is 0 Å². The first-order valence-electron chi connectivity index (χ1n) is 5.52. The number of allylic oxidation sites excluding steroid dienone is 1. The maximum absolute atomic E-state index is 5.73. The molecule has 1 nitrogen and oxygen atoms in total. The number of unbranched alkanes of at least 4 members (excludes halogenated alkanes) is 3. The molecule has 1 aliphatic heterocycles. The molecule has 1 fully saturated rings. The first-order chi connectivity index (χ1) is 6.27. The minimum atomic E-state index is 0.216. The summed E-state index contributed by atoms with van der Waals surface area (Å²) in [6.07, 6.45) is 10.8. The average Bonchev–Trinajstić information content (AvgIpc) is 2.53. The van der Waals surface area contributed by atoms with E-state index in [0.29, 0.717) is 0 Å². The van der Waals surface area contributed by atoms with Gasteiger partial charge in [0.2, 0.25) is 0 Å². The summed E-state index contributed by atoms with van der Waals surface area (Å²) in [6, 6.07) is 0. The lowest BCUT2D eigenvalue weighted by atomic mass is 9.95. The van der Waals surface area contributed by atoms with Gasteiger partial charge in [-0.05, 0) is 39.0 Å². The molecular formula is C12H22O. The smallest absolute Gasteiger partial charge is 0.0655 e. The Bertz CT molecular complexity index is 145. The maximum Gasteiger partial charge on any atom is 0.0655 e. The summed E-state index contributed by atoms with van der Waals surface area (Å²) < 4.78 is 5.73. The zero-order chi connectivity index (χ0) is 9.57. The van der Waals surface area contributed by atoms with Gasteiger partial charge in [0, 0.05) is 6.61 Å². The Morgan fingerprint density at radius 2 is 2.23 bits per heavy atom. The van der Waals surface area contributed by atoms with Crippen molar-refractivity contribution in [2.24, 2.45) is 0 Å². The maximum atomic E-state index is 5.73. The Labute approximate surface area is 82.2 Å². The predicted octanol–water partition coefficient (Wildman–Crippen LogP) is 3.69. The van der Waals surface area contributed by atoms with Crippen LogP contribution in [0.4, 0.5) is 0 Å². The number of ether oxygens (including phenoxy) is 1. The third-order valence-electron chi connectivity index (χ3n) is 2.91. The molecular weight excluding hydrogens is 160 g/mol. The minimum absolute atomic E-state index is 0.216. The summed E-state index contributed by atoms with van der Waals surface area (Å²) in [5, 5.41) is 0. The van der Waals surface area contributed by atoms with Crippen LogP contribution < -0.4 is 0 Å². The van der Waals surface area contributed by atoms with Crippen LogP contribution in [0.25, 0.3) is 0 Å². The van der Waals surface area contributed by atoms with Crippen molar-refractivity contribution in [1.82, 2.24) is 0 Å². The number of rotatable bonds is 6. The lowest BCUT2D eigenvalue weighted by Crippen LogP contribution is -2.22. The Balaban J connectivity index is 2.01. The van der Waals surface area contributed by atoms with Crippen LogP contribution in [-0.2, 0) is 4.74 Å². The second-order valence-corrected chi connectivity index (χ2v) is 4.29. The highest BCUT2D eigenvalue weighted by molar-refractivity contribution is 4.79. The zero-order valence-electron chi connectivity index (χ0n) is 8.85. The number of hydrogen-bond acceptors (Lipinski definition) is 1. The second-order valence-electron chi connectivity index (χ2n) is 4.29. The molecule has 0 bridgehead atoms. The van der Waals surface area contributed by atoms with E-state index in [1.807, 2.05) is 6.08 Å². The van der Waals surface area contributed by atoms with Crippen molar-refractivity contribution in [3.8, 4) is 0 Å². The highest BCUT2D eigenvalue weighted by Gasteiger charge is 2.28. The first kappa shape index (κ1) is 10.8. The van der Waals surface area contributed by atoms with E-state index < -0.39 is 0 Å². The van der Waals surface area contributed by atoms with Crippen LogP contribution in [0.3, 0.4) is 0 Å². The van der Waals surface area contributed by atoms with Crippen LogP contribution in [0.5, 0.6) is 0 Å². The van der Waals surface area contributed by atoms with Crippen LogP contribution in [0.15, 0.2) is 12.7 Å². The van der Waals surface area contributed by atoms with Crippen molar-refractivity contribution in [1.29, 1.82) is 0 Å². The largest absolute Gasteiger partial charge is 0.375 e. The fourth-order valence-electron chi connectivity index (χ4n) is 2.00. The first-order valence-corrected chi connectivity index (χ1v) is 5.52. The molecule has 0 aromatic carbocycles. The van der Waals surface area contributed by atoms with Crippen molar-refractivity contribution in [2.45, 2.75) is 57.5 Å². The van der Waals surface area contributed by atoms with Gasteiger partial charge in [0.1, 0.15) is 0 Å². The van der Waals surface area contributed by atoms with Gasteiger partial charge in [-0.2, -0.15) is 0 Å². The molecule has 0 saturated carbocycles. The molecule has 0 amide bonds. The summed E-state index contributed by atoms with van der Waals surface area (Å²) in [6.45, 7) is 6.96. The van der Waals surface area contributed by atoms with Gasteiger partial charge >= 0.3 is 0 Å². The summed E-state index contributed by atoms with van der Waals surface area (Å²) in [5.74, 6) is 0. The lowest BCUT2D eigenvalue weighted by molar-refractivity contribution is 0.0113. The molecule has 0 aromatic heterocycles. The molecule has 1 atom stereocenters. The minimum Gasteiger partial charge on any atom is -0.375 e. The summed E-state index contributed by atoms with van der Waals surface area (Å²) in [5.41, 5.74) is 0.216. The highest BCUT2D eigenvalue weighted by atomic mass is 16.5. The molecule has 1 saturated heterocycles. The fraction of sp³-hybridized carbons (Fsp3) is 0.833. The van der Waals surface area contributed by atoms with Gasteiger partial charge in [0.05, 0.1) is 5.60 Å². The standard InChI is InChI=1S/C12H22O/c1-3-4-5-6-7-9-12(2)10-8-11-13-12/h3H,1,4-11H2,2H3. The van der Waals surface area contributed by atoms with Crippen molar-refractivity contribution >= 4 is 0 Å². The highest BCUT2D eigenvalue weighted by Crippen LogP contribution is 2.30. The van der Waals surface area contributed by atoms with Crippen LogP contribution in [0.1, 0.15) is 51.9 Å². The van der Waals surface area contributed by atoms with Gasteiger partial charge in [0.25, 0.3) is 0 Å². The van der Waals surface area contributed by atoms with Crippen LogP contribution in [0.2, 0.25) is 0 Å². The normalized spacial score (nSPS) is 27.8. The van der Waals surface area contributed by atoms with E-state index >= 15 is 0 Å². The van der Waals surface area contributed by atoms with Crippen molar-refractivity contribution < 1.29 is 4.74 Å². The van der Waals surface area contributed by atoms with Crippen LogP contribution >= 0.6 is 0 Å². The average molecular weight is 182 g/mol. The Kier molecular flexibility index (Phi) is 4.51. The number of hydrogen-bond donors (Lipinski definition) is 0. The molecule has 1 heterocycles. The summed E-state index contributed by atoms with van der Waals surface area (Å²) in [4.78, 5) is 0. The molecule has 13 heavy (non-hydrogen) atoms. The summed E-state index contributed by atoms with van der Waals surface area (Å²) in [7, 11) is 0. The third kappa shape index (κ3) is 3.95. The van der Waals surface area contributed by atoms with E-state index in [1.165, 1.54) is 38.5 Å². The Hall–Kier alpha value is -0.300. The van der Waals surface area contributed by atoms with Crippen molar-refractivity contribution in [3.63, 3.8) is 0 Å². The van der Waals surface area contributed by atoms with Crippen molar-refractivity contribution in [3.05, 3.63) is 12.7 Å². The van der Waals surface area contributed by atoms with Crippen LogP contribution in [0, 0.1) is 0 Å². The molecule has 0 spiro atoms. The molecule has 1 heteroatoms. The van der Waals surface area contributed by atoms with Crippen molar-refractivity contribution in [2.75, 3.05) is 6.61 Å². The SMILES string of the molecule is C=CCCCCCC1(C)CCCO1. The molecule has 0 aliphatic carbocycles. The quantitative estimate of drug-likeness (QED) is 0.449. The van der Waals surface area contributed by atoms with E-state index in [4.69, 9.17) is 4.74 Å². The second kappa shape index (κ2) is 5.43.